The second-order valence-electron chi connectivity index (χ2n) is 5.84. The van der Waals surface area contributed by atoms with Crippen molar-refractivity contribution in [3.05, 3.63) is 70.4 Å². The van der Waals surface area contributed by atoms with Crippen molar-refractivity contribution in [1.29, 1.82) is 0 Å². The van der Waals surface area contributed by atoms with E-state index in [0.717, 1.165) is 31.3 Å². The largest absolute Gasteiger partial charge is 0.473 e. The highest BCUT2D eigenvalue weighted by Gasteiger charge is 2.17. The molecule has 0 bridgehead atoms. The van der Waals surface area contributed by atoms with Crippen molar-refractivity contribution in [3.8, 4) is 0 Å². The van der Waals surface area contributed by atoms with Crippen molar-refractivity contribution >= 4 is 72.5 Å². The van der Waals surface area contributed by atoms with E-state index in [9.17, 15) is 4.79 Å². The first kappa shape index (κ1) is 24.2. The second-order valence-corrected chi connectivity index (χ2v) is 7.66. The van der Waals surface area contributed by atoms with Gasteiger partial charge in [0.2, 0.25) is 0 Å². The van der Waals surface area contributed by atoms with E-state index < -0.39 is 23.9 Å². The lowest BCUT2D eigenvalue weighted by molar-refractivity contribution is -0.159. The van der Waals surface area contributed by atoms with Gasteiger partial charge in [0.1, 0.15) is 0 Å². The van der Waals surface area contributed by atoms with E-state index in [0.29, 0.717) is 0 Å². The fourth-order valence-electron chi connectivity index (χ4n) is 2.45. The molecule has 2 aromatic carbocycles. The third kappa shape index (κ3) is 5.97. The average Bonchev–Trinajstić information content (AvgIpc) is 3.38. The van der Waals surface area contributed by atoms with Crippen LogP contribution in [0.2, 0.25) is 0 Å². The molecule has 0 saturated heterocycles. The molecular weight excluding hydrogens is 460 g/mol. The van der Waals surface area contributed by atoms with E-state index >= 15 is 0 Å². The topological polar surface area (TPSA) is 166 Å². The molecule has 0 amide bonds. The highest BCUT2D eigenvalue weighted by atomic mass is 32.1. The summed E-state index contributed by atoms with van der Waals surface area (Å²) in [7, 11) is 0. The molecule has 0 aliphatic heterocycles. The zero-order chi connectivity index (χ0) is 23.8. The van der Waals surface area contributed by atoms with Gasteiger partial charge < -0.3 is 20.4 Å². The van der Waals surface area contributed by atoms with Gasteiger partial charge in [0, 0.05) is 42.1 Å². The first-order valence-corrected chi connectivity index (χ1v) is 10.3. The van der Waals surface area contributed by atoms with Gasteiger partial charge in [0.05, 0.1) is 0 Å². The van der Waals surface area contributed by atoms with E-state index in [1.165, 1.54) is 0 Å². The molecule has 0 aliphatic carbocycles. The Balaban J connectivity index is 0.000000253. The summed E-state index contributed by atoms with van der Waals surface area (Å²) in [5.74, 6) is -7.17. The Hall–Kier alpha value is -4.09. The number of carboxylic acids is 4. The third-order valence-electron chi connectivity index (χ3n) is 3.82. The highest BCUT2D eigenvalue weighted by molar-refractivity contribution is 7.18. The molecular formula is C21H14O9S2. The molecule has 2 aromatic heterocycles. The van der Waals surface area contributed by atoms with Crippen molar-refractivity contribution in [2.24, 2.45) is 0 Å². The van der Waals surface area contributed by atoms with Gasteiger partial charge in [-0.1, -0.05) is 36.4 Å². The number of ketones is 1. The first-order valence-electron chi connectivity index (χ1n) is 8.53. The summed E-state index contributed by atoms with van der Waals surface area (Å²) in [6.07, 6.45) is 0. The zero-order valence-electron chi connectivity index (χ0n) is 15.9. The zero-order valence-corrected chi connectivity index (χ0v) is 17.6. The SMILES string of the molecule is O=C(O)C(=O)O.O=C(O)C(=O)O.O=C(c1csc2ccccc12)c1csc2ccccc12. The number of thiophene rings is 2. The lowest BCUT2D eigenvalue weighted by Gasteiger charge is -1.98. The number of aliphatic carboxylic acids is 4. The molecule has 0 atom stereocenters. The second kappa shape index (κ2) is 10.8. The molecule has 32 heavy (non-hydrogen) atoms. The summed E-state index contributed by atoms with van der Waals surface area (Å²) in [4.78, 5) is 49.2. The normalized spacial score (nSPS) is 9.75. The van der Waals surface area contributed by atoms with Gasteiger partial charge in [-0.2, -0.15) is 0 Å². The lowest BCUT2D eigenvalue weighted by Crippen LogP contribution is -2.09. The predicted octanol–water partition coefficient (Wildman–Crippen LogP) is 3.66. The summed E-state index contributed by atoms with van der Waals surface area (Å²) < 4.78 is 2.32. The smallest absolute Gasteiger partial charge is 0.414 e. The quantitative estimate of drug-likeness (QED) is 0.250. The summed E-state index contributed by atoms with van der Waals surface area (Å²) in [5, 5.41) is 35.6. The minimum atomic E-state index is -1.82. The molecule has 0 fully saturated rings. The van der Waals surface area contributed by atoms with Crippen LogP contribution in [0.1, 0.15) is 15.9 Å². The van der Waals surface area contributed by atoms with E-state index in [-0.39, 0.29) is 5.78 Å². The molecule has 4 N–H and O–H groups in total. The molecule has 0 radical (unpaired) electrons. The molecule has 0 unspecified atom stereocenters. The van der Waals surface area contributed by atoms with Gasteiger partial charge >= 0.3 is 23.9 Å². The number of carbonyl (C=O) groups is 5. The number of rotatable bonds is 2. The van der Waals surface area contributed by atoms with Crippen LogP contribution in [0.15, 0.2) is 59.3 Å². The van der Waals surface area contributed by atoms with Gasteiger partial charge in [-0.15, -0.1) is 22.7 Å². The number of hydrogen-bond acceptors (Lipinski definition) is 7. The third-order valence-corrected chi connectivity index (χ3v) is 5.74. The van der Waals surface area contributed by atoms with Crippen LogP contribution in [0.25, 0.3) is 20.2 Å². The molecule has 164 valence electrons. The van der Waals surface area contributed by atoms with Crippen molar-refractivity contribution in [3.63, 3.8) is 0 Å². The number of benzene rings is 2. The van der Waals surface area contributed by atoms with Crippen LogP contribution < -0.4 is 0 Å². The Morgan fingerprint density at radius 3 is 1.16 bits per heavy atom. The average molecular weight is 474 g/mol. The highest BCUT2D eigenvalue weighted by Crippen LogP contribution is 2.32. The van der Waals surface area contributed by atoms with Gasteiger partial charge in [0.15, 0.2) is 5.78 Å². The standard InChI is InChI=1S/C17H10OS2.2C2H2O4/c18-17(13-9-19-15-7-3-1-5-11(13)15)14-10-20-16-8-4-2-6-12(14)16;2*3-1(4)2(5)6/h1-10H;2*(H,3,4)(H,5,6). The van der Waals surface area contributed by atoms with Crippen molar-refractivity contribution in [2.75, 3.05) is 0 Å². The molecule has 11 heteroatoms. The Kier molecular flexibility index (Phi) is 8.16. The fourth-order valence-corrected chi connectivity index (χ4v) is 4.33. The summed E-state index contributed by atoms with van der Waals surface area (Å²) in [5.41, 5.74) is 1.63. The van der Waals surface area contributed by atoms with Crippen LogP contribution in [0, 0.1) is 0 Å². The van der Waals surface area contributed by atoms with Crippen LogP contribution >= 0.6 is 22.7 Å². The van der Waals surface area contributed by atoms with Crippen LogP contribution in [0.4, 0.5) is 0 Å². The minimum absolute atomic E-state index is 0.125. The fraction of sp³-hybridized carbons (Fsp3) is 0. The summed E-state index contributed by atoms with van der Waals surface area (Å²) in [6.45, 7) is 0. The van der Waals surface area contributed by atoms with Gasteiger partial charge in [-0.25, -0.2) is 19.2 Å². The number of carbonyl (C=O) groups excluding carboxylic acids is 1. The monoisotopic (exact) mass is 474 g/mol. The molecule has 0 spiro atoms. The molecule has 0 saturated carbocycles. The maximum absolute atomic E-state index is 12.8. The Morgan fingerprint density at radius 1 is 0.531 bits per heavy atom. The first-order chi connectivity index (χ1) is 15.1. The van der Waals surface area contributed by atoms with E-state index in [4.69, 9.17) is 39.6 Å². The van der Waals surface area contributed by atoms with E-state index in [2.05, 4.69) is 12.1 Å². The molecule has 2 heterocycles. The molecule has 4 rings (SSSR count). The van der Waals surface area contributed by atoms with Crippen LogP contribution in [0.5, 0.6) is 0 Å². The minimum Gasteiger partial charge on any atom is -0.473 e. The van der Waals surface area contributed by atoms with Crippen LogP contribution in [-0.4, -0.2) is 50.1 Å². The predicted molar refractivity (Wildman–Crippen MR) is 118 cm³/mol. The molecule has 0 aliphatic rings. The van der Waals surface area contributed by atoms with Gasteiger partial charge in [-0.05, 0) is 12.1 Å². The van der Waals surface area contributed by atoms with Crippen molar-refractivity contribution in [2.45, 2.75) is 0 Å². The number of fused-ring (bicyclic) bond motifs is 2. The van der Waals surface area contributed by atoms with Gasteiger partial charge in [-0.3, -0.25) is 4.79 Å². The van der Waals surface area contributed by atoms with Gasteiger partial charge in [0.25, 0.3) is 0 Å². The van der Waals surface area contributed by atoms with E-state index in [1.54, 1.807) is 22.7 Å². The Morgan fingerprint density at radius 2 is 0.844 bits per heavy atom. The maximum atomic E-state index is 12.8. The molecule has 4 aromatic rings. The van der Waals surface area contributed by atoms with Crippen LogP contribution in [0.3, 0.4) is 0 Å². The van der Waals surface area contributed by atoms with E-state index in [1.807, 2.05) is 47.2 Å². The number of carboxylic acid groups (broad SMARTS) is 4. The summed E-state index contributed by atoms with van der Waals surface area (Å²) in [6, 6.07) is 16.1. The van der Waals surface area contributed by atoms with Crippen molar-refractivity contribution in [1.82, 2.24) is 0 Å². The maximum Gasteiger partial charge on any atom is 0.414 e. The Labute approximate surface area is 187 Å². The number of hydrogen-bond donors (Lipinski definition) is 4. The molecule has 9 nitrogen and oxygen atoms in total. The lowest BCUT2D eigenvalue weighted by atomic mass is 10.0. The van der Waals surface area contributed by atoms with Crippen molar-refractivity contribution < 1.29 is 44.4 Å². The Bertz CT molecular complexity index is 1190. The van der Waals surface area contributed by atoms with Crippen LogP contribution in [-0.2, 0) is 19.2 Å². The summed E-state index contributed by atoms with van der Waals surface area (Å²) >= 11 is 3.26.